The topological polar surface area (TPSA) is 91.1 Å². The van der Waals surface area contributed by atoms with E-state index in [1.807, 2.05) is 23.6 Å². The molecule has 0 N–H and O–H groups in total. The molecule has 3 fully saturated rings. The predicted molar refractivity (Wildman–Crippen MR) is 127 cm³/mol. The van der Waals surface area contributed by atoms with Gasteiger partial charge in [0, 0.05) is 30.6 Å². The number of aromatic nitrogens is 6. The molecule has 0 aliphatic carbocycles. The van der Waals surface area contributed by atoms with E-state index >= 15 is 0 Å². The highest BCUT2D eigenvalue weighted by atomic mass is 19.1. The lowest BCUT2D eigenvalue weighted by atomic mass is 9.86. The molecule has 4 aromatic rings. The summed E-state index contributed by atoms with van der Waals surface area (Å²) >= 11 is 0. The fourth-order valence-electron chi connectivity index (χ4n) is 5.06. The van der Waals surface area contributed by atoms with Gasteiger partial charge in [-0.05, 0) is 50.4 Å². The minimum absolute atomic E-state index is 0.202. The average molecular weight is 476 g/mol. The number of methoxy groups -OCH3 is 1. The van der Waals surface area contributed by atoms with E-state index in [4.69, 9.17) is 14.5 Å². The van der Waals surface area contributed by atoms with Crippen molar-refractivity contribution >= 4 is 11.2 Å². The summed E-state index contributed by atoms with van der Waals surface area (Å²) in [6, 6.07) is 5.57. The lowest BCUT2D eigenvalue weighted by molar-refractivity contribution is -0.00994. The van der Waals surface area contributed by atoms with Crippen LogP contribution in [0.5, 0.6) is 11.9 Å². The van der Waals surface area contributed by atoms with Gasteiger partial charge < -0.3 is 14.0 Å². The summed E-state index contributed by atoms with van der Waals surface area (Å²) in [5.41, 5.74) is 3.39. The molecule has 1 atom stereocenters. The van der Waals surface area contributed by atoms with Crippen LogP contribution in [-0.2, 0) is 6.54 Å². The summed E-state index contributed by atoms with van der Waals surface area (Å²) in [5, 5.41) is 0. The van der Waals surface area contributed by atoms with E-state index in [0.717, 1.165) is 12.1 Å². The van der Waals surface area contributed by atoms with Crippen LogP contribution in [0.4, 0.5) is 4.39 Å². The SMILES string of the molecule is COc1nc(C)c2nc(-c3cncc(F)c3)n(Cc3ccc(O[C@@H]4CN5CCC4CC5)nc3)c2n1. The molecular formula is C25H26FN7O2. The second kappa shape index (κ2) is 8.84. The van der Waals surface area contributed by atoms with E-state index < -0.39 is 5.82 Å². The number of pyridine rings is 2. The van der Waals surface area contributed by atoms with Gasteiger partial charge in [-0.1, -0.05) is 6.07 Å². The molecule has 3 aliphatic rings. The summed E-state index contributed by atoms with van der Waals surface area (Å²) in [7, 11) is 1.52. The van der Waals surface area contributed by atoms with E-state index in [9.17, 15) is 4.39 Å². The first kappa shape index (κ1) is 21.8. The number of hydrogen-bond donors (Lipinski definition) is 0. The predicted octanol–water partition coefficient (Wildman–Crippen LogP) is 3.26. The summed E-state index contributed by atoms with van der Waals surface area (Å²) < 4.78 is 27.4. The van der Waals surface area contributed by atoms with Gasteiger partial charge in [0.15, 0.2) is 5.65 Å². The van der Waals surface area contributed by atoms with Crippen LogP contribution in [0.15, 0.2) is 36.8 Å². The van der Waals surface area contributed by atoms with Crippen molar-refractivity contribution in [1.29, 1.82) is 0 Å². The van der Waals surface area contributed by atoms with Gasteiger partial charge in [0.2, 0.25) is 5.88 Å². The minimum atomic E-state index is -0.433. The van der Waals surface area contributed by atoms with Gasteiger partial charge in [-0.15, -0.1) is 0 Å². The Kier molecular flexibility index (Phi) is 5.52. The van der Waals surface area contributed by atoms with Crippen molar-refractivity contribution in [2.75, 3.05) is 26.7 Å². The highest BCUT2D eigenvalue weighted by Gasteiger charge is 2.35. The Balaban J connectivity index is 1.32. The molecule has 9 nitrogen and oxygen atoms in total. The molecule has 0 radical (unpaired) electrons. The monoisotopic (exact) mass is 475 g/mol. The van der Waals surface area contributed by atoms with Crippen molar-refractivity contribution in [3.05, 3.63) is 53.9 Å². The molecule has 0 saturated carbocycles. The number of imidazole rings is 1. The van der Waals surface area contributed by atoms with E-state index in [0.29, 0.717) is 46.6 Å². The van der Waals surface area contributed by atoms with Gasteiger partial charge in [0.1, 0.15) is 23.3 Å². The van der Waals surface area contributed by atoms with Gasteiger partial charge in [0.05, 0.1) is 25.5 Å². The molecule has 3 aliphatic heterocycles. The Morgan fingerprint density at radius 2 is 1.94 bits per heavy atom. The minimum Gasteiger partial charge on any atom is -0.473 e. The van der Waals surface area contributed by atoms with Crippen molar-refractivity contribution in [1.82, 2.24) is 34.4 Å². The Morgan fingerprint density at radius 1 is 1.09 bits per heavy atom. The molecule has 180 valence electrons. The van der Waals surface area contributed by atoms with Crippen molar-refractivity contribution in [3.63, 3.8) is 0 Å². The summed E-state index contributed by atoms with van der Waals surface area (Å²) in [6.45, 7) is 5.59. The Bertz CT molecular complexity index is 1370. The van der Waals surface area contributed by atoms with Crippen LogP contribution in [0.1, 0.15) is 24.1 Å². The van der Waals surface area contributed by atoms with Crippen molar-refractivity contribution in [2.24, 2.45) is 5.92 Å². The number of fused-ring (bicyclic) bond motifs is 4. The van der Waals surface area contributed by atoms with Crippen LogP contribution in [0.2, 0.25) is 0 Å². The molecular weight excluding hydrogens is 449 g/mol. The van der Waals surface area contributed by atoms with Crippen LogP contribution < -0.4 is 9.47 Å². The number of ether oxygens (including phenoxy) is 2. The summed E-state index contributed by atoms with van der Waals surface area (Å²) in [6.07, 6.45) is 7.15. The van der Waals surface area contributed by atoms with Gasteiger partial charge in [-0.25, -0.2) is 14.4 Å². The quantitative estimate of drug-likeness (QED) is 0.420. The normalized spacial score (nSPS) is 21.4. The molecule has 10 heteroatoms. The molecule has 0 amide bonds. The summed E-state index contributed by atoms with van der Waals surface area (Å²) in [4.78, 5) is 24.7. The van der Waals surface area contributed by atoms with E-state index in [-0.39, 0.29) is 12.1 Å². The van der Waals surface area contributed by atoms with Crippen LogP contribution in [-0.4, -0.2) is 67.2 Å². The zero-order valence-corrected chi connectivity index (χ0v) is 19.7. The average Bonchev–Trinajstić information content (AvgIpc) is 3.24. The van der Waals surface area contributed by atoms with E-state index in [1.54, 1.807) is 12.4 Å². The van der Waals surface area contributed by atoms with Gasteiger partial charge in [0.25, 0.3) is 0 Å². The number of piperidine rings is 3. The Labute approximate surface area is 202 Å². The maximum Gasteiger partial charge on any atom is 0.318 e. The third-order valence-corrected chi connectivity index (χ3v) is 6.90. The maximum atomic E-state index is 14.0. The standard InChI is InChI=1S/C25H26FN7O2/c1-15-22-24(31-25(29-15)34-2)33(23(30-22)18-9-19(26)12-27-11-18)13-16-3-4-21(28-10-16)35-20-14-32-7-5-17(20)6-8-32/h3-4,9-12,17,20H,5-8,13-14H2,1-2H3/t20-/m1/s1. The van der Waals surface area contributed by atoms with Gasteiger partial charge in [-0.3, -0.25) is 9.88 Å². The smallest absolute Gasteiger partial charge is 0.318 e. The maximum absolute atomic E-state index is 14.0. The highest BCUT2D eigenvalue weighted by molar-refractivity contribution is 5.79. The molecule has 0 aromatic carbocycles. The largest absolute Gasteiger partial charge is 0.473 e. The highest BCUT2D eigenvalue weighted by Crippen LogP contribution is 2.31. The number of halogens is 1. The number of nitrogens with zero attached hydrogens (tertiary/aromatic N) is 7. The lowest BCUT2D eigenvalue weighted by Crippen LogP contribution is -2.52. The molecule has 7 rings (SSSR count). The van der Waals surface area contributed by atoms with E-state index in [1.165, 1.54) is 45.3 Å². The Morgan fingerprint density at radius 3 is 2.63 bits per heavy atom. The number of hydrogen-bond acceptors (Lipinski definition) is 8. The second-order valence-corrected chi connectivity index (χ2v) is 9.18. The van der Waals surface area contributed by atoms with Crippen LogP contribution in [0.3, 0.4) is 0 Å². The van der Waals surface area contributed by atoms with Gasteiger partial charge >= 0.3 is 6.01 Å². The molecule has 4 aromatic heterocycles. The zero-order valence-electron chi connectivity index (χ0n) is 19.7. The molecule has 7 heterocycles. The molecule has 35 heavy (non-hydrogen) atoms. The molecule has 2 bridgehead atoms. The molecule has 3 saturated heterocycles. The van der Waals surface area contributed by atoms with Gasteiger partial charge in [-0.2, -0.15) is 9.97 Å². The fourth-order valence-corrected chi connectivity index (χ4v) is 5.06. The first-order chi connectivity index (χ1) is 17.1. The van der Waals surface area contributed by atoms with Crippen molar-refractivity contribution < 1.29 is 13.9 Å². The Hall–Kier alpha value is -3.66. The number of aryl methyl sites for hydroxylation is 1. The van der Waals surface area contributed by atoms with E-state index in [2.05, 4.69) is 24.8 Å². The molecule has 0 spiro atoms. The first-order valence-corrected chi connectivity index (χ1v) is 11.8. The third kappa shape index (κ3) is 4.18. The van der Waals surface area contributed by atoms with Crippen LogP contribution >= 0.6 is 0 Å². The van der Waals surface area contributed by atoms with Crippen molar-refractivity contribution in [2.45, 2.75) is 32.4 Å². The first-order valence-electron chi connectivity index (χ1n) is 11.8. The number of rotatable bonds is 6. The van der Waals surface area contributed by atoms with Crippen LogP contribution in [0, 0.1) is 18.7 Å². The van der Waals surface area contributed by atoms with Crippen LogP contribution in [0.25, 0.3) is 22.6 Å². The molecule has 0 unspecified atom stereocenters. The van der Waals surface area contributed by atoms with Crippen molar-refractivity contribution in [3.8, 4) is 23.3 Å². The second-order valence-electron chi connectivity index (χ2n) is 9.18. The summed E-state index contributed by atoms with van der Waals surface area (Å²) in [5.74, 6) is 1.36. The lowest BCUT2D eigenvalue weighted by Gasteiger charge is -2.44. The fraction of sp³-hybridized carbons (Fsp3) is 0.400. The zero-order chi connectivity index (χ0) is 23.9. The third-order valence-electron chi connectivity index (χ3n) is 6.90.